The van der Waals surface area contributed by atoms with Gasteiger partial charge in [-0.15, -0.1) is 0 Å². The molecule has 0 amide bonds. The van der Waals surface area contributed by atoms with Gasteiger partial charge in [-0.25, -0.2) is 4.98 Å². The monoisotopic (exact) mass is 209 g/mol. The first kappa shape index (κ1) is 9.49. The summed E-state index contributed by atoms with van der Waals surface area (Å²) in [6.45, 7) is 2.56. The Hall–Kier alpha value is -1.06. The molecule has 0 bridgehead atoms. The van der Waals surface area contributed by atoms with Crippen LogP contribution >= 0.6 is 11.6 Å². The average molecular weight is 210 g/mol. The zero-order valence-corrected chi connectivity index (χ0v) is 8.75. The molecule has 2 N–H and O–H groups in total. The maximum absolute atomic E-state index is 6.11. The van der Waals surface area contributed by atoms with E-state index in [9.17, 15) is 0 Å². The summed E-state index contributed by atoms with van der Waals surface area (Å²) in [5.74, 6) is 0.950. The summed E-state index contributed by atoms with van der Waals surface area (Å²) in [7, 11) is 0. The molecule has 0 aromatic carbocycles. The number of hydrogen-bond acceptors (Lipinski definition) is 2. The van der Waals surface area contributed by atoms with E-state index in [0.29, 0.717) is 6.54 Å². The maximum atomic E-state index is 6.11. The lowest BCUT2D eigenvalue weighted by Crippen LogP contribution is -2.03. The minimum Gasteiger partial charge on any atom is -0.330 e. The van der Waals surface area contributed by atoms with Gasteiger partial charge in [0.25, 0.3) is 0 Å². The van der Waals surface area contributed by atoms with Crippen LogP contribution in [0.25, 0.3) is 5.52 Å². The third kappa shape index (κ3) is 1.38. The van der Waals surface area contributed by atoms with Gasteiger partial charge >= 0.3 is 0 Å². The van der Waals surface area contributed by atoms with Crippen LogP contribution in [0.1, 0.15) is 11.5 Å². The molecule has 0 radical (unpaired) electrons. The van der Waals surface area contributed by atoms with Crippen LogP contribution in [0.2, 0.25) is 5.02 Å². The first-order valence-electron chi connectivity index (χ1n) is 4.56. The largest absolute Gasteiger partial charge is 0.330 e. The smallest absolute Gasteiger partial charge is 0.110 e. The minimum absolute atomic E-state index is 0.595. The Morgan fingerprint density at radius 2 is 2.36 bits per heavy atom. The first-order chi connectivity index (χ1) is 6.74. The van der Waals surface area contributed by atoms with Crippen molar-refractivity contribution in [2.24, 2.45) is 5.73 Å². The van der Waals surface area contributed by atoms with Gasteiger partial charge in [-0.1, -0.05) is 11.6 Å². The number of imidazole rings is 1. The summed E-state index contributed by atoms with van der Waals surface area (Å²) in [5, 5.41) is 0.733. The molecule has 2 aromatic heterocycles. The second-order valence-corrected chi connectivity index (χ2v) is 3.63. The highest BCUT2D eigenvalue weighted by Gasteiger charge is 2.09. The number of halogens is 1. The summed E-state index contributed by atoms with van der Waals surface area (Å²) in [4.78, 5) is 4.44. The van der Waals surface area contributed by atoms with Gasteiger partial charge in [-0.2, -0.15) is 0 Å². The quantitative estimate of drug-likeness (QED) is 0.820. The van der Waals surface area contributed by atoms with Gasteiger partial charge < -0.3 is 10.1 Å². The predicted molar refractivity (Wildman–Crippen MR) is 57.7 cm³/mol. The number of aryl methyl sites for hydroxylation is 1. The number of rotatable bonds is 2. The van der Waals surface area contributed by atoms with Crippen molar-refractivity contribution in [3.05, 3.63) is 34.9 Å². The fourth-order valence-corrected chi connectivity index (χ4v) is 1.91. The molecular weight excluding hydrogens is 198 g/mol. The van der Waals surface area contributed by atoms with Gasteiger partial charge in [-0.05, 0) is 25.6 Å². The lowest BCUT2D eigenvalue weighted by molar-refractivity contribution is 0.933. The molecule has 0 saturated heterocycles. The molecule has 0 aliphatic carbocycles. The van der Waals surface area contributed by atoms with E-state index in [2.05, 4.69) is 4.98 Å². The molecule has 0 spiro atoms. The number of pyridine rings is 1. The van der Waals surface area contributed by atoms with E-state index in [1.54, 1.807) is 0 Å². The highest BCUT2D eigenvalue weighted by molar-refractivity contribution is 6.34. The Morgan fingerprint density at radius 1 is 1.57 bits per heavy atom. The topological polar surface area (TPSA) is 43.3 Å². The summed E-state index contributed by atoms with van der Waals surface area (Å²) >= 11 is 6.11. The number of aromatic nitrogens is 2. The summed E-state index contributed by atoms with van der Waals surface area (Å²) in [6, 6.07) is 3.79. The number of nitrogens with two attached hydrogens (primary N) is 1. The third-order valence-corrected chi connectivity index (χ3v) is 2.55. The second-order valence-electron chi connectivity index (χ2n) is 3.22. The van der Waals surface area contributed by atoms with Crippen molar-refractivity contribution in [3.8, 4) is 0 Å². The number of hydrogen-bond donors (Lipinski definition) is 1. The van der Waals surface area contributed by atoms with Crippen molar-refractivity contribution in [1.29, 1.82) is 0 Å². The summed E-state index contributed by atoms with van der Waals surface area (Å²) in [5.41, 5.74) is 7.48. The summed E-state index contributed by atoms with van der Waals surface area (Å²) in [6.07, 6.45) is 2.73. The standard InChI is InChI=1S/C10H12ClN3/c1-7-13-9(4-5-12)10-8(11)3-2-6-14(7)10/h2-3,6H,4-5,12H2,1H3. The maximum Gasteiger partial charge on any atom is 0.110 e. The Balaban J connectivity index is 2.72. The zero-order chi connectivity index (χ0) is 10.1. The molecule has 0 aliphatic heterocycles. The average Bonchev–Trinajstić information content (AvgIpc) is 2.46. The zero-order valence-electron chi connectivity index (χ0n) is 8.00. The number of nitrogens with zero attached hydrogens (tertiary/aromatic N) is 2. The van der Waals surface area contributed by atoms with Crippen LogP contribution in [0.3, 0.4) is 0 Å². The van der Waals surface area contributed by atoms with Gasteiger partial charge in [-0.3, -0.25) is 0 Å². The highest BCUT2D eigenvalue weighted by Crippen LogP contribution is 2.22. The molecule has 2 heterocycles. The van der Waals surface area contributed by atoms with Crippen molar-refractivity contribution in [2.45, 2.75) is 13.3 Å². The van der Waals surface area contributed by atoms with Crippen LogP contribution in [0.5, 0.6) is 0 Å². The molecule has 74 valence electrons. The molecule has 2 aromatic rings. The molecule has 0 fully saturated rings. The fourth-order valence-electron chi connectivity index (χ4n) is 1.64. The lowest BCUT2D eigenvalue weighted by atomic mass is 10.2. The van der Waals surface area contributed by atoms with Crippen LogP contribution in [0.15, 0.2) is 18.3 Å². The molecule has 0 atom stereocenters. The van der Waals surface area contributed by atoms with E-state index in [4.69, 9.17) is 17.3 Å². The molecule has 0 saturated carbocycles. The fraction of sp³-hybridized carbons (Fsp3) is 0.300. The molecule has 0 aliphatic rings. The van der Waals surface area contributed by atoms with Gasteiger partial charge in [0.1, 0.15) is 5.82 Å². The van der Waals surface area contributed by atoms with Crippen LogP contribution in [-0.2, 0) is 6.42 Å². The molecule has 0 unspecified atom stereocenters. The highest BCUT2D eigenvalue weighted by atomic mass is 35.5. The molecular formula is C10H12ClN3. The van der Waals surface area contributed by atoms with Crippen molar-refractivity contribution in [2.75, 3.05) is 6.54 Å². The van der Waals surface area contributed by atoms with E-state index in [1.807, 2.05) is 29.7 Å². The predicted octanol–water partition coefficient (Wildman–Crippen LogP) is 1.80. The van der Waals surface area contributed by atoms with E-state index >= 15 is 0 Å². The Bertz CT molecular complexity index is 462. The molecule has 2 rings (SSSR count). The van der Waals surface area contributed by atoms with E-state index in [0.717, 1.165) is 28.5 Å². The van der Waals surface area contributed by atoms with Gasteiger partial charge in [0.15, 0.2) is 0 Å². The van der Waals surface area contributed by atoms with Crippen LogP contribution in [0, 0.1) is 6.92 Å². The Kier molecular flexibility index (Phi) is 2.44. The van der Waals surface area contributed by atoms with Crippen LogP contribution < -0.4 is 5.73 Å². The van der Waals surface area contributed by atoms with Gasteiger partial charge in [0.2, 0.25) is 0 Å². The van der Waals surface area contributed by atoms with Crippen molar-refractivity contribution in [3.63, 3.8) is 0 Å². The van der Waals surface area contributed by atoms with Crippen molar-refractivity contribution < 1.29 is 0 Å². The lowest BCUT2D eigenvalue weighted by Gasteiger charge is -1.99. The molecule has 4 heteroatoms. The van der Waals surface area contributed by atoms with E-state index in [1.165, 1.54) is 0 Å². The van der Waals surface area contributed by atoms with Crippen molar-refractivity contribution in [1.82, 2.24) is 9.38 Å². The van der Waals surface area contributed by atoms with Crippen LogP contribution in [0.4, 0.5) is 0 Å². The van der Waals surface area contributed by atoms with E-state index in [-0.39, 0.29) is 0 Å². The number of fused-ring (bicyclic) bond motifs is 1. The Morgan fingerprint density at radius 3 is 3.07 bits per heavy atom. The van der Waals surface area contributed by atoms with Gasteiger partial charge in [0.05, 0.1) is 16.2 Å². The minimum atomic E-state index is 0.595. The second kappa shape index (κ2) is 3.59. The Labute approximate surface area is 87.5 Å². The summed E-state index contributed by atoms with van der Waals surface area (Å²) < 4.78 is 1.99. The SMILES string of the molecule is Cc1nc(CCN)c2c(Cl)cccn12. The molecule has 3 nitrogen and oxygen atoms in total. The third-order valence-electron chi connectivity index (χ3n) is 2.24. The van der Waals surface area contributed by atoms with Crippen LogP contribution in [-0.4, -0.2) is 15.9 Å². The van der Waals surface area contributed by atoms with Gasteiger partial charge in [0, 0.05) is 12.6 Å². The first-order valence-corrected chi connectivity index (χ1v) is 4.94. The molecule has 14 heavy (non-hydrogen) atoms. The normalized spacial score (nSPS) is 11.1. The van der Waals surface area contributed by atoms with Crippen molar-refractivity contribution >= 4 is 17.1 Å². The van der Waals surface area contributed by atoms with E-state index < -0.39 is 0 Å².